The van der Waals surface area contributed by atoms with Crippen LogP contribution < -0.4 is 20.1 Å². The Bertz CT molecular complexity index is 754. The number of amides is 1. The largest absolute Gasteiger partial charge is 0.493 e. The first-order valence-electron chi connectivity index (χ1n) is 8.55. The van der Waals surface area contributed by atoms with Gasteiger partial charge in [0.05, 0.1) is 14.2 Å². The summed E-state index contributed by atoms with van der Waals surface area (Å²) in [7, 11) is 3.18. The molecule has 0 spiro atoms. The number of hydrogen-bond acceptors (Lipinski definition) is 4. The van der Waals surface area contributed by atoms with Gasteiger partial charge in [-0.1, -0.05) is 0 Å². The number of benzene rings is 1. The third-order valence-electron chi connectivity index (χ3n) is 4.69. The molecule has 0 saturated carbocycles. The van der Waals surface area contributed by atoms with Crippen LogP contribution in [0.3, 0.4) is 0 Å². The van der Waals surface area contributed by atoms with E-state index in [2.05, 4.69) is 15.2 Å². The lowest BCUT2D eigenvalue weighted by molar-refractivity contribution is 0.101. The van der Waals surface area contributed by atoms with E-state index in [0.29, 0.717) is 23.2 Å². The van der Waals surface area contributed by atoms with Crippen LogP contribution in [-0.4, -0.2) is 37.8 Å². The average Bonchev–Trinajstić information content (AvgIpc) is 3.13. The van der Waals surface area contributed by atoms with Gasteiger partial charge in [-0.25, -0.2) is 0 Å². The number of anilines is 1. The predicted molar refractivity (Wildman–Crippen MR) is 105 cm³/mol. The van der Waals surface area contributed by atoms with Crippen molar-refractivity contribution in [1.29, 1.82) is 0 Å². The number of nitrogens with zero attached hydrogens (tertiary/aromatic N) is 1. The zero-order valence-corrected chi connectivity index (χ0v) is 16.2. The second-order valence-electron chi connectivity index (χ2n) is 6.26. The molecule has 3 rings (SSSR count). The van der Waals surface area contributed by atoms with Gasteiger partial charge < -0.3 is 24.7 Å². The first kappa shape index (κ1) is 20.1. The normalized spacial score (nSPS) is 14.4. The number of hydrogen-bond donors (Lipinski definition) is 2. The van der Waals surface area contributed by atoms with Crippen LogP contribution in [0.25, 0.3) is 0 Å². The predicted octanol–water partition coefficient (Wildman–Crippen LogP) is 3.41. The molecule has 0 radical (unpaired) electrons. The van der Waals surface area contributed by atoms with Crippen molar-refractivity contribution in [3.8, 4) is 11.5 Å². The number of piperidine rings is 1. The van der Waals surface area contributed by atoms with Gasteiger partial charge in [0.1, 0.15) is 5.69 Å². The van der Waals surface area contributed by atoms with Crippen LogP contribution in [0, 0.1) is 6.92 Å². The lowest BCUT2D eigenvalue weighted by Gasteiger charge is -2.26. The summed E-state index contributed by atoms with van der Waals surface area (Å²) >= 11 is 0. The van der Waals surface area contributed by atoms with Gasteiger partial charge >= 0.3 is 0 Å². The van der Waals surface area contributed by atoms with Crippen LogP contribution in [0.15, 0.2) is 30.5 Å². The Morgan fingerprint density at radius 1 is 1.19 bits per heavy atom. The van der Waals surface area contributed by atoms with Crippen LogP contribution in [0.1, 0.15) is 34.9 Å². The molecule has 0 unspecified atom stereocenters. The van der Waals surface area contributed by atoms with E-state index in [1.54, 1.807) is 20.3 Å². The second kappa shape index (κ2) is 8.96. The number of aryl methyl sites for hydroxylation is 1. The van der Waals surface area contributed by atoms with Gasteiger partial charge in [-0.2, -0.15) is 0 Å². The van der Waals surface area contributed by atoms with E-state index in [1.807, 2.05) is 31.3 Å². The fourth-order valence-corrected chi connectivity index (χ4v) is 3.29. The molecule has 1 amide bonds. The topological polar surface area (TPSA) is 64.5 Å². The van der Waals surface area contributed by atoms with Crippen LogP contribution in [-0.2, 0) is 0 Å². The van der Waals surface area contributed by atoms with Crippen LogP contribution in [0.2, 0.25) is 0 Å². The number of nitrogens with one attached hydrogen (secondary N) is 2. The van der Waals surface area contributed by atoms with Crippen molar-refractivity contribution in [2.24, 2.45) is 0 Å². The lowest BCUT2D eigenvalue weighted by atomic mass is 10.1. The summed E-state index contributed by atoms with van der Waals surface area (Å²) in [4.78, 5) is 12.8. The average molecular weight is 380 g/mol. The number of carbonyl (C=O) groups is 1. The Labute approximate surface area is 160 Å². The summed E-state index contributed by atoms with van der Waals surface area (Å²) in [5.41, 5.74) is 2.33. The first-order chi connectivity index (χ1) is 12.1. The van der Waals surface area contributed by atoms with Gasteiger partial charge in [-0.3, -0.25) is 4.79 Å². The van der Waals surface area contributed by atoms with E-state index >= 15 is 0 Å². The van der Waals surface area contributed by atoms with E-state index in [1.165, 1.54) is 0 Å². The summed E-state index contributed by atoms with van der Waals surface area (Å²) in [6.07, 6.45) is 4.06. The van der Waals surface area contributed by atoms with Crippen molar-refractivity contribution >= 4 is 24.0 Å². The molecule has 1 aromatic carbocycles. The van der Waals surface area contributed by atoms with Crippen molar-refractivity contribution in [3.05, 3.63) is 41.7 Å². The van der Waals surface area contributed by atoms with Gasteiger partial charge in [0.15, 0.2) is 11.5 Å². The van der Waals surface area contributed by atoms with Gasteiger partial charge in [0, 0.05) is 24.0 Å². The zero-order valence-electron chi connectivity index (χ0n) is 15.4. The molecule has 2 N–H and O–H groups in total. The zero-order chi connectivity index (χ0) is 17.8. The quantitative estimate of drug-likeness (QED) is 0.835. The summed E-state index contributed by atoms with van der Waals surface area (Å²) < 4.78 is 12.7. The van der Waals surface area contributed by atoms with Crippen LogP contribution in [0.4, 0.5) is 5.69 Å². The molecular weight excluding hydrogens is 354 g/mol. The minimum atomic E-state index is -0.112. The highest BCUT2D eigenvalue weighted by molar-refractivity contribution is 6.03. The molecular formula is C19H26ClN3O3. The molecule has 26 heavy (non-hydrogen) atoms. The Hall–Kier alpha value is -2.18. The highest BCUT2D eigenvalue weighted by Crippen LogP contribution is 2.33. The monoisotopic (exact) mass is 379 g/mol. The Balaban J connectivity index is 0.00000243. The van der Waals surface area contributed by atoms with Crippen molar-refractivity contribution in [2.45, 2.75) is 25.8 Å². The van der Waals surface area contributed by atoms with Crippen LogP contribution >= 0.6 is 12.4 Å². The summed E-state index contributed by atoms with van der Waals surface area (Å²) in [6, 6.07) is 7.82. The number of halogens is 1. The van der Waals surface area contributed by atoms with E-state index in [0.717, 1.165) is 37.2 Å². The maximum atomic E-state index is 12.8. The molecule has 0 aliphatic carbocycles. The minimum Gasteiger partial charge on any atom is -0.493 e. The SMILES string of the molecule is COc1cc(C)c(NC(=O)c2cccn2C2CCNCC2)cc1OC.Cl. The highest BCUT2D eigenvalue weighted by atomic mass is 35.5. The van der Waals surface area contributed by atoms with E-state index in [4.69, 9.17) is 9.47 Å². The van der Waals surface area contributed by atoms with Gasteiger partial charge in [-0.05, 0) is 56.6 Å². The second-order valence-corrected chi connectivity index (χ2v) is 6.26. The minimum absolute atomic E-state index is 0. The standard InChI is InChI=1S/C19H25N3O3.ClH/c1-13-11-17(24-2)18(25-3)12-15(13)21-19(23)16-5-4-10-22(16)14-6-8-20-9-7-14;/h4-5,10-12,14,20H,6-9H2,1-3H3,(H,21,23);1H. The van der Waals surface area contributed by atoms with Crippen molar-refractivity contribution in [2.75, 3.05) is 32.6 Å². The van der Waals surface area contributed by atoms with E-state index < -0.39 is 0 Å². The Morgan fingerprint density at radius 3 is 2.50 bits per heavy atom. The molecule has 0 bridgehead atoms. The Morgan fingerprint density at radius 2 is 1.85 bits per heavy atom. The summed E-state index contributed by atoms with van der Waals surface area (Å²) in [5.74, 6) is 1.13. The summed E-state index contributed by atoms with van der Waals surface area (Å²) in [5, 5.41) is 6.36. The molecule has 6 nitrogen and oxygen atoms in total. The molecule has 1 saturated heterocycles. The third-order valence-corrected chi connectivity index (χ3v) is 4.69. The third kappa shape index (κ3) is 4.14. The number of carbonyl (C=O) groups excluding carboxylic acids is 1. The molecule has 1 aliphatic rings. The van der Waals surface area contributed by atoms with Crippen LogP contribution in [0.5, 0.6) is 11.5 Å². The molecule has 7 heteroatoms. The van der Waals surface area contributed by atoms with Gasteiger partial charge in [-0.15, -0.1) is 12.4 Å². The molecule has 0 atom stereocenters. The molecule has 1 aliphatic heterocycles. The maximum Gasteiger partial charge on any atom is 0.272 e. The van der Waals surface area contributed by atoms with Crippen molar-refractivity contribution in [3.63, 3.8) is 0 Å². The fourth-order valence-electron chi connectivity index (χ4n) is 3.29. The lowest BCUT2D eigenvalue weighted by Crippen LogP contribution is -2.31. The molecule has 2 aromatic rings. The number of aromatic nitrogens is 1. The number of methoxy groups -OCH3 is 2. The van der Waals surface area contributed by atoms with E-state index in [-0.39, 0.29) is 18.3 Å². The van der Waals surface area contributed by atoms with E-state index in [9.17, 15) is 4.79 Å². The first-order valence-corrected chi connectivity index (χ1v) is 8.55. The maximum absolute atomic E-state index is 12.8. The summed E-state index contributed by atoms with van der Waals surface area (Å²) in [6.45, 7) is 3.90. The number of ether oxygens (including phenoxy) is 2. The smallest absolute Gasteiger partial charge is 0.272 e. The van der Waals surface area contributed by atoms with Crippen molar-refractivity contribution < 1.29 is 14.3 Å². The molecule has 2 heterocycles. The van der Waals surface area contributed by atoms with Crippen molar-refractivity contribution in [1.82, 2.24) is 9.88 Å². The highest BCUT2D eigenvalue weighted by Gasteiger charge is 2.20. The molecule has 1 fully saturated rings. The van der Waals surface area contributed by atoms with Gasteiger partial charge in [0.25, 0.3) is 5.91 Å². The van der Waals surface area contributed by atoms with Gasteiger partial charge in [0.2, 0.25) is 0 Å². The molecule has 1 aromatic heterocycles. The number of rotatable bonds is 5. The molecule has 142 valence electrons. The fraction of sp³-hybridized carbons (Fsp3) is 0.421. The Kier molecular flexibility index (Phi) is 6.94.